The van der Waals surface area contributed by atoms with Crippen molar-refractivity contribution in [1.29, 1.82) is 0 Å². The van der Waals surface area contributed by atoms with Crippen LogP contribution in [0.5, 0.6) is 0 Å². The lowest BCUT2D eigenvalue weighted by Crippen LogP contribution is -1.93. The Hall–Kier alpha value is -0.830. The smallest absolute Gasteiger partial charge is 0.303 e. The molecule has 0 aromatic heterocycles. The lowest BCUT2D eigenvalue weighted by atomic mass is 10.1. The van der Waals surface area contributed by atoms with E-state index in [0.717, 1.165) is 32.3 Å². The van der Waals surface area contributed by atoms with Gasteiger partial charge >= 0.3 is 5.97 Å². The van der Waals surface area contributed by atoms with Crippen molar-refractivity contribution in [1.82, 2.24) is 0 Å². The molecule has 0 saturated carbocycles. The molecule has 1 aliphatic rings. The molecule has 1 saturated heterocycles. The summed E-state index contributed by atoms with van der Waals surface area (Å²) < 4.78 is 5.20. The molecule has 3 nitrogen and oxygen atoms in total. The second-order valence-electron chi connectivity index (χ2n) is 6.12. The van der Waals surface area contributed by atoms with Gasteiger partial charge in [0.15, 0.2) is 0 Å². The topological polar surface area (TPSA) is 49.8 Å². The van der Waals surface area contributed by atoms with Crippen molar-refractivity contribution in [2.75, 3.05) is 6.61 Å². The van der Waals surface area contributed by atoms with Gasteiger partial charge in [0.2, 0.25) is 0 Å². The third kappa shape index (κ3) is 13.9. The Morgan fingerprint density at radius 1 is 0.905 bits per heavy atom. The molecule has 1 unspecified atom stereocenters. The minimum absolute atomic E-state index is 0.323. The number of ether oxygens (including phenoxy) is 1. The van der Waals surface area contributed by atoms with Gasteiger partial charge in [-0.15, -0.1) is 0 Å². The van der Waals surface area contributed by atoms with Crippen molar-refractivity contribution < 1.29 is 14.6 Å². The summed E-state index contributed by atoms with van der Waals surface area (Å²) in [7, 11) is 0. The van der Waals surface area contributed by atoms with E-state index < -0.39 is 5.97 Å². The average molecular weight is 296 g/mol. The number of allylic oxidation sites excluding steroid dienone is 2. The number of aliphatic carboxylic acids is 1. The van der Waals surface area contributed by atoms with Crippen LogP contribution in [0.3, 0.4) is 0 Å². The van der Waals surface area contributed by atoms with Crippen LogP contribution in [0.25, 0.3) is 0 Å². The molecule has 0 aliphatic carbocycles. The summed E-state index contributed by atoms with van der Waals surface area (Å²) in [5.41, 5.74) is 0. The van der Waals surface area contributed by atoms with Gasteiger partial charge in [-0.1, -0.05) is 50.7 Å². The molecule has 0 radical (unpaired) electrons. The van der Waals surface area contributed by atoms with Crippen LogP contribution in [-0.2, 0) is 9.53 Å². The summed E-state index contributed by atoms with van der Waals surface area (Å²) in [6.45, 7) is 1.00. The van der Waals surface area contributed by atoms with Gasteiger partial charge in [0, 0.05) is 6.42 Å². The normalized spacial score (nSPS) is 17.4. The molecule has 1 heterocycles. The van der Waals surface area contributed by atoms with Crippen molar-refractivity contribution >= 4 is 5.97 Å². The first-order chi connectivity index (χ1) is 10.3. The zero-order valence-corrected chi connectivity index (χ0v) is 13.4. The van der Waals surface area contributed by atoms with E-state index in [1.54, 1.807) is 0 Å². The SMILES string of the molecule is O=C(O)CCCCCC/C=C/CCCCCCCC1CO1. The van der Waals surface area contributed by atoms with Crippen LogP contribution in [0, 0.1) is 0 Å². The first kappa shape index (κ1) is 18.2. The van der Waals surface area contributed by atoms with Gasteiger partial charge in [-0.05, 0) is 38.5 Å². The highest BCUT2D eigenvalue weighted by molar-refractivity contribution is 5.66. The molecule has 0 aromatic carbocycles. The third-order valence-corrected chi connectivity index (χ3v) is 3.98. The Morgan fingerprint density at radius 2 is 1.43 bits per heavy atom. The molecule has 0 bridgehead atoms. The van der Waals surface area contributed by atoms with Crippen LogP contribution in [-0.4, -0.2) is 23.8 Å². The molecule has 1 aliphatic heterocycles. The zero-order valence-electron chi connectivity index (χ0n) is 13.4. The number of rotatable bonds is 15. The molecular weight excluding hydrogens is 264 g/mol. The molecule has 1 atom stereocenters. The van der Waals surface area contributed by atoms with Gasteiger partial charge in [0.05, 0.1) is 12.7 Å². The Balaban J connectivity index is 1.69. The number of carboxylic acid groups (broad SMARTS) is 1. The van der Waals surface area contributed by atoms with E-state index in [4.69, 9.17) is 9.84 Å². The number of carbonyl (C=O) groups is 1. The van der Waals surface area contributed by atoms with Crippen LogP contribution in [0.15, 0.2) is 12.2 Å². The number of epoxide rings is 1. The molecule has 122 valence electrons. The van der Waals surface area contributed by atoms with Gasteiger partial charge in [0.25, 0.3) is 0 Å². The standard InChI is InChI=1S/C18H32O3/c19-18(20)15-13-11-9-7-5-3-1-2-4-6-8-10-12-14-17-16-21-17/h1,3,17H,2,4-16H2,(H,19,20)/b3-1+. The molecule has 0 amide bonds. The fourth-order valence-corrected chi connectivity index (χ4v) is 2.53. The predicted octanol–water partition coefficient (Wildman–Crippen LogP) is 5.10. The van der Waals surface area contributed by atoms with E-state index in [1.807, 2.05) is 0 Å². The third-order valence-electron chi connectivity index (χ3n) is 3.98. The summed E-state index contributed by atoms with van der Waals surface area (Å²) in [6, 6.07) is 0. The minimum atomic E-state index is -0.671. The van der Waals surface area contributed by atoms with Crippen LogP contribution in [0.1, 0.15) is 83.5 Å². The quantitative estimate of drug-likeness (QED) is 0.260. The van der Waals surface area contributed by atoms with Crippen molar-refractivity contribution in [2.45, 2.75) is 89.6 Å². The van der Waals surface area contributed by atoms with Crippen molar-refractivity contribution in [2.24, 2.45) is 0 Å². The van der Waals surface area contributed by atoms with E-state index in [2.05, 4.69) is 12.2 Å². The van der Waals surface area contributed by atoms with Crippen LogP contribution in [0.2, 0.25) is 0 Å². The van der Waals surface area contributed by atoms with Gasteiger partial charge < -0.3 is 9.84 Å². The van der Waals surface area contributed by atoms with Crippen molar-refractivity contribution in [3.63, 3.8) is 0 Å². The summed E-state index contributed by atoms with van der Waals surface area (Å²) in [4.78, 5) is 10.3. The van der Waals surface area contributed by atoms with Gasteiger partial charge in [-0.2, -0.15) is 0 Å². The van der Waals surface area contributed by atoms with Gasteiger partial charge in [0.1, 0.15) is 0 Å². The lowest BCUT2D eigenvalue weighted by molar-refractivity contribution is -0.137. The molecule has 1 fully saturated rings. The molecular formula is C18H32O3. The zero-order chi connectivity index (χ0) is 15.2. The van der Waals surface area contributed by atoms with Crippen molar-refractivity contribution in [3.05, 3.63) is 12.2 Å². The van der Waals surface area contributed by atoms with E-state index in [0.29, 0.717) is 12.5 Å². The second kappa shape index (κ2) is 12.9. The lowest BCUT2D eigenvalue weighted by Gasteiger charge is -1.99. The fraction of sp³-hybridized carbons (Fsp3) is 0.833. The first-order valence-electron chi connectivity index (χ1n) is 8.77. The van der Waals surface area contributed by atoms with E-state index in [9.17, 15) is 4.79 Å². The Kier molecular flexibility index (Phi) is 11.2. The monoisotopic (exact) mass is 296 g/mol. The summed E-state index contributed by atoms with van der Waals surface area (Å²) in [5.74, 6) is -0.671. The largest absolute Gasteiger partial charge is 0.481 e. The molecule has 21 heavy (non-hydrogen) atoms. The van der Waals surface area contributed by atoms with Gasteiger partial charge in [-0.25, -0.2) is 0 Å². The number of hydrogen-bond acceptors (Lipinski definition) is 2. The minimum Gasteiger partial charge on any atom is -0.481 e. The number of hydrogen-bond donors (Lipinski definition) is 1. The molecule has 3 heteroatoms. The molecule has 1 N–H and O–H groups in total. The summed E-state index contributed by atoms with van der Waals surface area (Å²) in [6.07, 6.45) is 20.1. The second-order valence-corrected chi connectivity index (χ2v) is 6.12. The molecule has 0 spiro atoms. The fourth-order valence-electron chi connectivity index (χ4n) is 2.53. The maximum absolute atomic E-state index is 10.3. The average Bonchev–Trinajstić information content (AvgIpc) is 3.27. The Labute approximate surface area is 129 Å². The highest BCUT2D eigenvalue weighted by Gasteiger charge is 2.20. The van der Waals surface area contributed by atoms with Crippen molar-refractivity contribution in [3.8, 4) is 0 Å². The van der Waals surface area contributed by atoms with E-state index in [1.165, 1.54) is 51.4 Å². The number of unbranched alkanes of at least 4 members (excludes halogenated alkanes) is 9. The summed E-state index contributed by atoms with van der Waals surface area (Å²) >= 11 is 0. The summed E-state index contributed by atoms with van der Waals surface area (Å²) in [5, 5.41) is 8.51. The maximum Gasteiger partial charge on any atom is 0.303 e. The van der Waals surface area contributed by atoms with Gasteiger partial charge in [-0.3, -0.25) is 4.79 Å². The van der Waals surface area contributed by atoms with E-state index >= 15 is 0 Å². The predicted molar refractivity (Wildman–Crippen MR) is 86.5 cm³/mol. The highest BCUT2D eigenvalue weighted by Crippen LogP contribution is 2.18. The Bertz CT molecular complexity index is 282. The van der Waals surface area contributed by atoms with Crippen LogP contribution >= 0.6 is 0 Å². The molecule has 0 aromatic rings. The maximum atomic E-state index is 10.3. The first-order valence-corrected chi connectivity index (χ1v) is 8.77. The number of carboxylic acids is 1. The highest BCUT2D eigenvalue weighted by atomic mass is 16.6. The Morgan fingerprint density at radius 3 is 2.00 bits per heavy atom. The van der Waals surface area contributed by atoms with E-state index in [-0.39, 0.29) is 0 Å². The van der Waals surface area contributed by atoms with Crippen LogP contribution < -0.4 is 0 Å². The molecule has 1 rings (SSSR count). The van der Waals surface area contributed by atoms with Crippen LogP contribution in [0.4, 0.5) is 0 Å².